The lowest BCUT2D eigenvalue weighted by Gasteiger charge is -2.38. The van der Waals surface area contributed by atoms with Gasteiger partial charge in [0.2, 0.25) is 0 Å². The van der Waals surface area contributed by atoms with E-state index in [0.29, 0.717) is 17.7 Å². The number of carbonyl (C=O) groups is 2. The van der Waals surface area contributed by atoms with E-state index in [9.17, 15) is 9.59 Å². The molecule has 1 atom stereocenters. The average molecular weight is 385 g/mol. The third kappa shape index (κ3) is 3.66. The summed E-state index contributed by atoms with van der Waals surface area (Å²) < 4.78 is 4.74. The molecule has 0 spiro atoms. The molecule has 0 aromatic heterocycles. The maximum Gasteiger partial charge on any atom is 0.337 e. The Labute approximate surface area is 170 Å². The van der Waals surface area contributed by atoms with E-state index in [1.165, 1.54) is 23.8 Å². The highest BCUT2D eigenvalue weighted by molar-refractivity contribution is 5.96. The van der Waals surface area contributed by atoms with Gasteiger partial charge >= 0.3 is 5.97 Å². The van der Waals surface area contributed by atoms with Crippen LogP contribution in [0.2, 0.25) is 0 Å². The minimum atomic E-state index is -0.409. The van der Waals surface area contributed by atoms with Crippen molar-refractivity contribution in [3.8, 4) is 0 Å². The van der Waals surface area contributed by atoms with Crippen molar-refractivity contribution >= 4 is 11.9 Å². The molecule has 0 aliphatic carbocycles. The van der Waals surface area contributed by atoms with Gasteiger partial charge in [0.15, 0.2) is 0 Å². The van der Waals surface area contributed by atoms with E-state index in [1.807, 2.05) is 17.0 Å². The Bertz CT molecular complexity index is 1040. The van der Waals surface area contributed by atoms with Crippen LogP contribution in [0.15, 0.2) is 72.8 Å². The molecule has 4 rings (SSSR count). The molecule has 29 heavy (non-hydrogen) atoms. The largest absolute Gasteiger partial charge is 0.465 e. The number of nitrogens with zero attached hydrogens (tertiary/aromatic N) is 1. The van der Waals surface area contributed by atoms with Gasteiger partial charge in [0, 0.05) is 12.1 Å². The third-order valence-corrected chi connectivity index (χ3v) is 5.49. The lowest BCUT2D eigenvalue weighted by atomic mass is 9.87. The van der Waals surface area contributed by atoms with E-state index < -0.39 is 5.97 Å². The fourth-order valence-corrected chi connectivity index (χ4v) is 3.93. The Morgan fingerprint density at radius 2 is 1.55 bits per heavy atom. The first kappa shape index (κ1) is 18.9. The molecule has 0 radical (unpaired) electrons. The molecule has 0 bridgehead atoms. The zero-order valence-corrected chi connectivity index (χ0v) is 16.6. The zero-order chi connectivity index (χ0) is 20.4. The molecule has 1 aliphatic heterocycles. The Kier molecular flexibility index (Phi) is 5.17. The van der Waals surface area contributed by atoms with Crippen molar-refractivity contribution in [2.75, 3.05) is 13.7 Å². The predicted octanol–water partition coefficient (Wildman–Crippen LogP) is 4.57. The summed E-state index contributed by atoms with van der Waals surface area (Å²) in [4.78, 5) is 27.0. The van der Waals surface area contributed by atoms with Crippen LogP contribution in [0.25, 0.3) is 0 Å². The summed E-state index contributed by atoms with van der Waals surface area (Å²) in [7, 11) is 1.35. The monoisotopic (exact) mass is 385 g/mol. The molecule has 4 heteroatoms. The number of carbonyl (C=O) groups excluding carboxylic acids is 2. The summed E-state index contributed by atoms with van der Waals surface area (Å²) in [5, 5.41) is 0. The SMILES string of the molecule is COC(=O)c1ccc(C(=O)N2CCc3ccccc3[C@@H]2c2ccc(C)cc2)cc1. The lowest BCUT2D eigenvalue weighted by Crippen LogP contribution is -2.40. The number of aryl methyl sites for hydroxylation is 1. The second-order valence-electron chi connectivity index (χ2n) is 7.33. The van der Waals surface area contributed by atoms with Crippen molar-refractivity contribution in [3.63, 3.8) is 0 Å². The van der Waals surface area contributed by atoms with Crippen LogP contribution in [-0.4, -0.2) is 30.4 Å². The molecular weight excluding hydrogens is 362 g/mol. The summed E-state index contributed by atoms with van der Waals surface area (Å²) in [5.74, 6) is -0.449. The molecule has 0 saturated carbocycles. The van der Waals surface area contributed by atoms with Gasteiger partial charge in [0.1, 0.15) is 0 Å². The molecule has 1 aliphatic rings. The minimum Gasteiger partial charge on any atom is -0.465 e. The quantitative estimate of drug-likeness (QED) is 0.621. The second kappa shape index (κ2) is 7.92. The van der Waals surface area contributed by atoms with E-state index in [1.54, 1.807) is 24.3 Å². The number of hydrogen-bond acceptors (Lipinski definition) is 3. The van der Waals surface area contributed by atoms with Crippen LogP contribution in [0.3, 0.4) is 0 Å². The van der Waals surface area contributed by atoms with Crippen LogP contribution < -0.4 is 0 Å². The summed E-state index contributed by atoms with van der Waals surface area (Å²) >= 11 is 0. The average Bonchev–Trinajstić information content (AvgIpc) is 2.78. The number of ether oxygens (including phenoxy) is 1. The fourth-order valence-electron chi connectivity index (χ4n) is 3.93. The third-order valence-electron chi connectivity index (χ3n) is 5.49. The highest BCUT2D eigenvalue weighted by atomic mass is 16.5. The van der Waals surface area contributed by atoms with E-state index in [2.05, 4.69) is 43.3 Å². The van der Waals surface area contributed by atoms with Gasteiger partial charge in [-0.25, -0.2) is 4.79 Å². The van der Waals surface area contributed by atoms with Gasteiger partial charge in [0.25, 0.3) is 5.91 Å². The predicted molar refractivity (Wildman–Crippen MR) is 112 cm³/mol. The zero-order valence-electron chi connectivity index (χ0n) is 16.6. The smallest absolute Gasteiger partial charge is 0.337 e. The summed E-state index contributed by atoms with van der Waals surface area (Å²) in [6.45, 7) is 2.71. The van der Waals surface area contributed by atoms with Crippen molar-refractivity contribution in [3.05, 3.63) is 106 Å². The molecular formula is C25H23NO3. The van der Waals surface area contributed by atoms with Crippen LogP contribution in [-0.2, 0) is 11.2 Å². The number of methoxy groups -OCH3 is 1. The Hall–Kier alpha value is -3.40. The molecule has 0 unspecified atom stereocenters. The molecule has 146 valence electrons. The van der Waals surface area contributed by atoms with Gasteiger partial charge in [-0.3, -0.25) is 4.79 Å². The number of hydrogen-bond donors (Lipinski definition) is 0. The van der Waals surface area contributed by atoms with E-state index >= 15 is 0 Å². The Balaban J connectivity index is 1.72. The lowest BCUT2D eigenvalue weighted by molar-refractivity contribution is 0.0599. The highest BCUT2D eigenvalue weighted by Gasteiger charge is 2.32. The number of amides is 1. The number of esters is 1. The number of benzene rings is 3. The summed E-state index contributed by atoms with van der Waals surface area (Å²) in [6.07, 6.45) is 0.824. The molecule has 3 aromatic carbocycles. The molecule has 0 N–H and O–H groups in total. The van der Waals surface area contributed by atoms with Crippen LogP contribution in [0.5, 0.6) is 0 Å². The fraction of sp³-hybridized carbons (Fsp3) is 0.200. The first-order chi connectivity index (χ1) is 14.1. The number of fused-ring (bicyclic) bond motifs is 1. The van der Waals surface area contributed by atoms with Gasteiger partial charge in [-0.2, -0.15) is 0 Å². The molecule has 3 aromatic rings. The van der Waals surface area contributed by atoms with Crippen molar-refractivity contribution in [2.24, 2.45) is 0 Å². The normalized spacial score (nSPS) is 15.5. The van der Waals surface area contributed by atoms with E-state index in [4.69, 9.17) is 4.74 Å². The van der Waals surface area contributed by atoms with Crippen molar-refractivity contribution < 1.29 is 14.3 Å². The molecule has 4 nitrogen and oxygen atoms in total. The van der Waals surface area contributed by atoms with Crippen molar-refractivity contribution in [2.45, 2.75) is 19.4 Å². The van der Waals surface area contributed by atoms with Crippen LogP contribution in [0.1, 0.15) is 49.0 Å². The maximum atomic E-state index is 13.4. The van der Waals surface area contributed by atoms with Crippen LogP contribution in [0.4, 0.5) is 0 Å². The first-order valence-electron chi connectivity index (χ1n) is 9.72. The van der Waals surface area contributed by atoms with Gasteiger partial charge in [-0.1, -0.05) is 54.1 Å². The van der Waals surface area contributed by atoms with Crippen LogP contribution >= 0.6 is 0 Å². The Morgan fingerprint density at radius 1 is 0.897 bits per heavy atom. The number of rotatable bonds is 3. The van der Waals surface area contributed by atoms with Crippen molar-refractivity contribution in [1.82, 2.24) is 4.90 Å². The second-order valence-corrected chi connectivity index (χ2v) is 7.33. The van der Waals surface area contributed by atoms with Crippen molar-refractivity contribution in [1.29, 1.82) is 0 Å². The highest BCUT2D eigenvalue weighted by Crippen LogP contribution is 2.36. The first-order valence-corrected chi connectivity index (χ1v) is 9.72. The maximum absolute atomic E-state index is 13.4. The molecule has 0 saturated heterocycles. The van der Waals surface area contributed by atoms with Crippen LogP contribution in [0, 0.1) is 6.92 Å². The summed E-state index contributed by atoms with van der Waals surface area (Å²) in [5.41, 5.74) is 5.74. The minimum absolute atomic E-state index is 0.0403. The Morgan fingerprint density at radius 3 is 2.24 bits per heavy atom. The van der Waals surface area contributed by atoms with Gasteiger partial charge in [0.05, 0.1) is 18.7 Å². The molecule has 1 amide bonds. The van der Waals surface area contributed by atoms with Gasteiger partial charge < -0.3 is 9.64 Å². The summed E-state index contributed by atoms with van der Waals surface area (Å²) in [6, 6.07) is 23.2. The topological polar surface area (TPSA) is 46.6 Å². The molecule has 1 heterocycles. The van der Waals surface area contributed by atoms with Gasteiger partial charge in [-0.05, 0) is 54.3 Å². The molecule has 0 fully saturated rings. The van der Waals surface area contributed by atoms with Gasteiger partial charge in [-0.15, -0.1) is 0 Å². The van der Waals surface area contributed by atoms with E-state index in [0.717, 1.165) is 12.0 Å². The standard InChI is InChI=1S/C25H23NO3/c1-17-7-9-19(10-8-17)23-22-6-4-3-5-18(22)15-16-26(23)24(27)20-11-13-21(14-12-20)25(28)29-2/h3-14,23H,15-16H2,1-2H3/t23-/m0/s1. The van der Waals surface area contributed by atoms with E-state index in [-0.39, 0.29) is 11.9 Å².